The smallest absolute Gasteiger partial charge is 0.365 e. The average molecular weight is 339 g/mol. The molecule has 1 aromatic rings. The first-order chi connectivity index (χ1) is 8.83. The molecule has 1 N–H and O–H groups in total. The van der Waals surface area contributed by atoms with Gasteiger partial charge in [0.05, 0.1) is 5.69 Å². The van der Waals surface area contributed by atoms with Crippen molar-refractivity contribution in [2.45, 2.75) is 26.1 Å². The third-order valence-electron chi connectivity index (χ3n) is 2.60. The van der Waals surface area contributed by atoms with Crippen LogP contribution in [0.3, 0.4) is 0 Å². The predicted octanol–water partition coefficient (Wildman–Crippen LogP) is 3.95. The fraction of sp³-hybridized carbons (Fsp3) is 0.538. The van der Waals surface area contributed by atoms with Crippen molar-refractivity contribution in [2.75, 3.05) is 25.0 Å². The summed E-state index contributed by atoms with van der Waals surface area (Å²) in [7, 11) is 1.43. The van der Waals surface area contributed by atoms with Crippen molar-refractivity contribution in [3.8, 4) is 0 Å². The van der Waals surface area contributed by atoms with Crippen LogP contribution in [-0.2, 0) is 6.54 Å². The lowest BCUT2D eigenvalue weighted by Gasteiger charge is -2.22. The lowest BCUT2D eigenvalue weighted by atomic mass is 10.2. The van der Waals surface area contributed by atoms with Gasteiger partial charge in [-0.3, -0.25) is 0 Å². The van der Waals surface area contributed by atoms with E-state index in [-0.39, 0.29) is 0 Å². The molecule has 0 aliphatic carbocycles. The summed E-state index contributed by atoms with van der Waals surface area (Å²) in [4.78, 5) is 1.19. The molecule has 0 saturated heterocycles. The van der Waals surface area contributed by atoms with Gasteiger partial charge in [-0.05, 0) is 46.6 Å². The number of hydrogen-bond donors (Lipinski definition) is 1. The second kappa shape index (κ2) is 7.14. The van der Waals surface area contributed by atoms with Crippen molar-refractivity contribution in [1.82, 2.24) is 5.32 Å². The molecule has 0 fully saturated rings. The van der Waals surface area contributed by atoms with E-state index in [1.165, 1.54) is 11.9 Å². The molecule has 0 aliphatic heterocycles. The first-order valence-electron chi connectivity index (χ1n) is 6.10. The summed E-state index contributed by atoms with van der Waals surface area (Å²) in [5.41, 5.74) is 1.58. The number of hydrogen-bond acceptors (Lipinski definition) is 2. The summed E-state index contributed by atoms with van der Waals surface area (Å²) >= 11 is 3.33. The molecular formula is C13H18BrF3N2. The summed E-state index contributed by atoms with van der Waals surface area (Å²) in [6.07, 6.45) is -3.15. The van der Waals surface area contributed by atoms with Gasteiger partial charge in [0.15, 0.2) is 0 Å². The molecule has 1 rings (SSSR count). The van der Waals surface area contributed by atoms with Gasteiger partial charge in [-0.2, -0.15) is 13.2 Å². The Hall–Kier alpha value is -0.750. The van der Waals surface area contributed by atoms with E-state index in [0.29, 0.717) is 10.2 Å². The second-order valence-corrected chi connectivity index (χ2v) is 5.29. The Morgan fingerprint density at radius 1 is 1.32 bits per heavy atom. The monoisotopic (exact) mass is 338 g/mol. The van der Waals surface area contributed by atoms with Crippen molar-refractivity contribution >= 4 is 21.6 Å². The van der Waals surface area contributed by atoms with Crippen LogP contribution in [0.15, 0.2) is 22.7 Å². The molecule has 0 unspecified atom stereocenters. The maximum absolute atomic E-state index is 12.3. The summed E-state index contributed by atoms with van der Waals surface area (Å²) in [6.45, 7) is 2.76. The number of nitrogens with zero attached hydrogens (tertiary/aromatic N) is 1. The quantitative estimate of drug-likeness (QED) is 0.790. The highest BCUT2D eigenvalue weighted by Gasteiger charge is 2.29. The summed E-state index contributed by atoms with van der Waals surface area (Å²) in [5.74, 6) is 0. The van der Waals surface area contributed by atoms with Gasteiger partial charge in [0.1, 0.15) is 6.54 Å². The van der Waals surface area contributed by atoms with Crippen LogP contribution >= 0.6 is 15.9 Å². The van der Waals surface area contributed by atoms with Gasteiger partial charge in [0.25, 0.3) is 0 Å². The lowest BCUT2D eigenvalue weighted by molar-refractivity contribution is -0.119. The van der Waals surface area contributed by atoms with Gasteiger partial charge >= 0.3 is 6.18 Å². The molecule has 2 nitrogen and oxygen atoms in total. The van der Waals surface area contributed by atoms with Crippen LogP contribution in [0.25, 0.3) is 0 Å². The van der Waals surface area contributed by atoms with Crippen LogP contribution in [0.1, 0.15) is 18.9 Å². The van der Waals surface area contributed by atoms with Crippen molar-refractivity contribution in [2.24, 2.45) is 0 Å². The molecule has 0 heterocycles. The normalized spacial score (nSPS) is 11.7. The van der Waals surface area contributed by atoms with E-state index in [4.69, 9.17) is 0 Å². The number of anilines is 1. The highest BCUT2D eigenvalue weighted by Crippen LogP contribution is 2.29. The number of halogens is 4. The minimum atomic E-state index is -4.20. The van der Waals surface area contributed by atoms with Crippen LogP contribution in [0.2, 0.25) is 0 Å². The zero-order valence-corrected chi connectivity index (χ0v) is 12.6. The van der Waals surface area contributed by atoms with Gasteiger partial charge in [-0.25, -0.2) is 0 Å². The van der Waals surface area contributed by atoms with Crippen LogP contribution in [0.5, 0.6) is 0 Å². The Kier molecular flexibility index (Phi) is 6.13. The van der Waals surface area contributed by atoms with Crippen molar-refractivity contribution < 1.29 is 13.2 Å². The van der Waals surface area contributed by atoms with E-state index >= 15 is 0 Å². The first kappa shape index (κ1) is 16.3. The molecule has 0 atom stereocenters. The van der Waals surface area contributed by atoms with E-state index < -0.39 is 12.7 Å². The first-order valence-corrected chi connectivity index (χ1v) is 6.90. The number of alkyl halides is 3. The van der Waals surface area contributed by atoms with E-state index in [1.807, 2.05) is 12.1 Å². The fourth-order valence-corrected chi connectivity index (χ4v) is 2.46. The number of benzene rings is 1. The van der Waals surface area contributed by atoms with E-state index in [2.05, 4.69) is 28.2 Å². The Morgan fingerprint density at radius 3 is 2.53 bits per heavy atom. The maximum Gasteiger partial charge on any atom is 0.405 e. The minimum Gasteiger partial charge on any atom is -0.365 e. The van der Waals surface area contributed by atoms with Gasteiger partial charge in [-0.15, -0.1) is 0 Å². The van der Waals surface area contributed by atoms with E-state index in [1.54, 1.807) is 6.07 Å². The van der Waals surface area contributed by atoms with Gasteiger partial charge in [0, 0.05) is 18.1 Å². The Bertz CT molecular complexity index is 407. The highest BCUT2D eigenvalue weighted by atomic mass is 79.9. The molecule has 0 aromatic heterocycles. The molecule has 0 saturated carbocycles. The molecule has 0 radical (unpaired) electrons. The van der Waals surface area contributed by atoms with Crippen LogP contribution in [-0.4, -0.2) is 26.3 Å². The zero-order valence-electron chi connectivity index (χ0n) is 11.0. The van der Waals surface area contributed by atoms with Gasteiger partial charge in [0.2, 0.25) is 0 Å². The average Bonchev–Trinajstić information content (AvgIpc) is 2.27. The summed E-state index contributed by atoms with van der Waals surface area (Å²) in [6, 6.07) is 5.40. The third-order valence-corrected chi connectivity index (χ3v) is 3.23. The van der Waals surface area contributed by atoms with Gasteiger partial charge < -0.3 is 10.2 Å². The molecule has 1 aromatic carbocycles. The van der Waals surface area contributed by atoms with Crippen molar-refractivity contribution in [3.05, 3.63) is 28.2 Å². The lowest BCUT2D eigenvalue weighted by Crippen LogP contribution is -2.31. The molecular weight excluding hydrogens is 321 g/mol. The Labute approximate surface area is 120 Å². The number of nitrogens with one attached hydrogen (secondary N) is 1. The molecule has 0 spiro atoms. The summed E-state index contributed by atoms with van der Waals surface area (Å²) < 4.78 is 37.7. The van der Waals surface area contributed by atoms with Gasteiger partial charge in [-0.1, -0.05) is 13.0 Å². The maximum atomic E-state index is 12.3. The highest BCUT2D eigenvalue weighted by molar-refractivity contribution is 9.10. The number of rotatable bonds is 6. The van der Waals surface area contributed by atoms with E-state index in [0.717, 1.165) is 25.1 Å². The molecule has 0 aliphatic rings. The minimum absolute atomic E-state index is 0.538. The summed E-state index contributed by atoms with van der Waals surface area (Å²) in [5, 5.41) is 3.25. The standard InChI is InChI=1S/C13H18BrF3N2/c1-3-6-18-8-10-4-5-12(11(14)7-10)19(2)9-13(15,16)17/h4-5,7,18H,3,6,8-9H2,1-2H3. The molecule has 108 valence electrons. The molecule has 0 bridgehead atoms. The fourth-order valence-electron chi connectivity index (χ4n) is 1.73. The van der Waals surface area contributed by atoms with Crippen LogP contribution < -0.4 is 10.2 Å². The van der Waals surface area contributed by atoms with E-state index in [9.17, 15) is 13.2 Å². The second-order valence-electron chi connectivity index (χ2n) is 4.43. The van der Waals surface area contributed by atoms with Crippen LogP contribution in [0, 0.1) is 0 Å². The van der Waals surface area contributed by atoms with Crippen molar-refractivity contribution in [3.63, 3.8) is 0 Å². The predicted molar refractivity (Wildman–Crippen MR) is 75.5 cm³/mol. The molecule has 6 heteroatoms. The Morgan fingerprint density at radius 2 is 2.00 bits per heavy atom. The zero-order chi connectivity index (χ0) is 14.5. The molecule has 0 amide bonds. The van der Waals surface area contributed by atoms with Crippen molar-refractivity contribution in [1.29, 1.82) is 0 Å². The topological polar surface area (TPSA) is 15.3 Å². The Balaban J connectivity index is 2.71. The third kappa shape index (κ3) is 5.82. The SMILES string of the molecule is CCCNCc1ccc(N(C)CC(F)(F)F)c(Br)c1. The largest absolute Gasteiger partial charge is 0.405 e. The van der Waals surface area contributed by atoms with Crippen LogP contribution in [0.4, 0.5) is 18.9 Å². The molecule has 19 heavy (non-hydrogen) atoms.